The topological polar surface area (TPSA) is 86.8 Å². The van der Waals surface area contributed by atoms with Gasteiger partial charge in [0.1, 0.15) is 11.1 Å². The third kappa shape index (κ3) is 3.72. The van der Waals surface area contributed by atoms with E-state index >= 15 is 0 Å². The van der Waals surface area contributed by atoms with Gasteiger partial charge in [0.05, 0.1) is 31.5 Å². The van der Waals surface area contributed by atoms with Gasteiger partial charge in [0.25, 0.3) is 5.91 Å². The molecule has 1 amide bonds. The van der Waals surface area contributed by atoms with Crippen LogP contribution in [0.25, 0.3) is 0 Å². The van der Waals surface area contributed by atoms with Crippen LogP contribution in [0.5, 0.6) is 5.88 Å². The van der Waals surface area contributed by atoms with Crippen LogP contribution in [-0.2, 0) is 9.47 Å². The molecule has 1 saturated heterocycles. The fourth-order valence-electron chi connectivity index (χ4n) is 2.21. The van der Waals surface area contributed by atoms with Crippen LogP contribution in [0.1, 0.15) is 27.1 Å². The Labute approximate surface area is 142 Å². The number of rotatable bonds is 5. The molecule has 8 heteroatoms. The SMILES string of the molecule is COC(=O)c1ccsc1NC(=O)c1ccc(O[C@H]2CCOC2)nc1. The van der Waals surface area contributed by atoms with E-state index in [9.17, 15) is 9.59 Å². The Bertz CT molecular complexity index is 722. The van der Waals surface area contributed by atoms with Crippen LogP contribution in [-0.4, -0.2) is 43.3 Å². The Morgan fingerprint density at radius 1 is 1.38 bits per heavy atom. The molecule has 126 valence electrons. The minimum Gasteiger partial charge on any atom is -0.472 e. The number of carbonyl (C=O) groups excluding carboxylic acids is 2. The van der Waals surface area contributed by atoms with Crippen LogP contribution >= 0.6 is 11.3 Å². The van der Waals surface area contributed by atoms with Gasteiger partial charge in [-0.2, -0.15) is 0 Å². The van der Waals surface area contributed by atoms with Crippen LogP contribution in [0.15, 0.2) is 29.8 Å². The van der Waals surface area contributed by atoms with Gasteiger partial charge < -0.3 is 19.5 Å². The fourth-order valence-corrected chi connectivity index (χ4v) is 2.98. The molecule has 1 fully saturated rings. The molecular weight excluding hydrogens is 332 g/mol. The van der Waals surface area contributed by atoms with Gasteiger partial charge in [-0.1, -0.05) is 0 Å². The molecule has 1 aliphatic rings. The maximum absolute atomic E-state index is 12.3. The van der Waals surface area contributed by atoms with Crippen molar-refractivity contribution in [3.8, 4) is 5.88 Å². The summed E-state index contributed by atoms with van der Waals surface area (Å²) < 4.78 is 15.6. The molecule has 0 bridgehead atoms. The zero-order valence-corrected chi connectivity index (χ0v) is 13.8. The summed E-state index contributed by atoms with van der Waals surface area (Å²) in [6.07, 6.45) is 2.27. The van der Waals surface area contributed by atoms with Crippen molar-refractivity contribution in [2.45, 2.75) is 12.5 Å². The van der Waals surface area contributed by atoms with E-state index in [0.717, 1.165) is 6.42 Å². The summed E-state index contributed by atoms with van der Waals surface area (Å²) in [6.45, 7) is 1.24. The van der Waals surface area contributed by atoms with Crippen molar-refractivity contribution in [3.63, 3.8) is 0 Å². The maximum Gasteiger partial charge on any atom is 0.340 e. The van der Waals surface area contributed by atoms with E-state index in [1.54, 1.807) is 23.6 Å². The summed E-state index contributed by atoms with van der Waals surface area (Å²) in [4.78, 5) is 28.0. The van der Waals surface area contributed by atoms with E-state index in [-0.39, 0.29) is 12.0 Å². The second kappa shape index (κ2) is 7.41. The molecule has 2 aromatic rings. The molecule has 24 heavy (non-hydrogen) atoms. The molecule has 1 atom stereocenters. The summed E-state index contributed by atoms with van der Waals surface area (Å²) in [5.74, 6) is -0.397. The third-order valence-electron chi connectivity index (χ3n) is 3.47. The number of hydrogen-bond acceptors (Lipinski definition) is 7. The number of methoxy groups -OCH3 is 1. The lowest BCUT2D eigenvalue weighted by atomic mass is 10.2. The van der Waals surface area contributed by atoms with Gasteiger partial charge in [-0.3, -0.25) is 4.79 Å². The summed E-state index contributed by atoms with van der Waals surface area (Å²) in [5, 5.41) is 4.84. The average molecular weight is 348 g/mol. The largest absolute Gasteiger partial charge is 0.472 e. The molecule has 0 unspecified atom stereocenters. The van der Waals surface area contributed by atoms with E-state index < -0.39 is 5.97 Å². The van der Waals surface area contributed by atoms with Gasteiger partial charge in [0, 0.05) is 18.7 Å². The number of nitrogens with one attached hydrogen (secondary N) is 1. The van der Waals surface area contributed by atoms with Crippen LogP contribution in [0.2, 0.25) is 0 Å². The van der Waals surface area contributed by atoms with E-state index in [1.807, 2.05) is 0 Å². The van der Waals surface area contributed by atoms with Crippen molar-refractivity contribution in [1.82, 2.24) is 4.98 Å². The molecule has 3 heterocycles. The molecule has 2 aromatic heterocycles. The molecule has 0 radical (unpaired) electrons. The Morgan fingerprint density at radius 2 is 2.25 bits per heavy atom. The van der Waals surface area contributed by atoms with E-state index in [1.165, 1.54) is 24.6 Å². The number of aromatic nitrogens is 1. The predicted molar refractivity (Wildman–Crippen MR) is 87.7 cm³/mol. The van der Waals surface area contributed by atoms with Crippen molar-refractivity contribution >= 4 is 28.2 Å². The minimum absolute atomic E-state index is 0.00547. The predicted octanol–water partition coefficient (Wildman–Crippen LogP) is 2.35. The molecule has 0 spiro atoms. The van der Waals surface area contributed by atoms with Gasteiger partial charge in [0.2, 0.25) is 5.88 Å². The van der Waals surface area contributed by atoms with E-state index in [2.05, 4.69) is 15.0 Å². The first-order valence-corrected chi connectivity index (χ1v) is 8.23. The number of ether oxygens (including phenoxy) is 3. The Morgan fingerprint density at radius 3 is 2.92 bits per heavy atom. The zero-order valence-electron chi connectivity index (χ0n) is 13.0. The standard InChI is InChI=1S/C16H16N2O5S/c1-21-16(20)12-5-7-24-15(12)18-14(19)10-2-3-13(17-8-10)23-11-4-6-22-9-11/h2-3,5,7-8,11H,4,6,9H2,1H3,(H,18,19)/t11-/m0/s1. The quantitative estimate of drug-likeness (QED) is 0.835. The first-order chi connectivity index (χ1) is 11.7. The van der Waals surface area contributed by atoms with Gasteiger partial charge in [-0.15, -0.1) is 11.3 Å². The van der Waals surface area contributed by atoms with Crippen molar-refractivity contribution in [1.29, 1.82) is 0 Å². The lowest BCUT2D eigenvalue weighted by Crippen LogP contribution is -2.17. The second-order valence-electron chi connectivity index (χ2n) is 5.10. The van der Waals surface area contributed by atoms with Gasteiger partial charge in [-0.25, -0.2) is 9.78 Å². The highest BCUT2D eigenvalue weighted by atomic mass is 32.1. The van der Waals surface area contributed by atoms with E-state index in [0.29, 0.717) is 35.2 Å². The molecule has 7 nitrogen and oxygen atoms in total. The molecule has 1 N–H and O–H groups in total. The van der Waals surface area contributed by atoms with Gasteiger partial charge >= 0.3 is 5.97 Å². The van der Waals surface area contributed by atoms with Crippen molar-refractivity contribution in [3.05, 3.63) is 40.9 Å². The molecule has 0 saturated carbocycles. The number of thiophene rings is 1. The van der Waals surface area contributed by atoms with Crippen LogP contribution in [0, 0.1) is 0 Å². The summed E-state index contributed by atoms with van der Waals surface area (Å²) >= 11 is 1.25. The van der Waals surface area contributed by atoms with Crippen molar-refractivity contribution in [2.24, 2.45) is 0 Å². The van der Waals surface area contributed by atoms with Crippen molar-refractivity contribution in [2.75, 3.05) is 25.6 Å². The molecule has 0 aromatic carbocycles. The first-order valence-electron chi connectivity index (χ1n) is 7.35. The fraction of sp³-hybridized carbons (Fsp3) is 0.312. The number of esters is 1. The molecular formula is C16H16N2O5S. The molecule has 0 aliphatic carbocycles. The number of anilines is 1. The monoisotopic (exact) mass is 348 g/mol. The third-order valence-corrected chi connectivity index (χ3v) is 4.30. The second-order valence-corrected chi connectivity index (χ2v) is 6.01. The smallest absolute Gasteiger partial charge is 0.340 e. The summed E-state index contributed by atoms with van der Waals surface area (Å²) in [5.41, 5.74) is 0.694. The lowest BCUT2D eigenvalue weighted by Gasteiger charge is -2.11. The lowest BCUT2D eigenvalue weighted by molar-refractivity contribution is 0.0602. The number of hydrogen-bond donors (Lipinski definition) is 1. The Kier molecular flexibility index (Phi) is 5.07. The number of carbonyl (C=O) groups is 2. The molecule has 3 rings (SSSR count). The normalized spacial score (nSPS) is 16.6. The van der Waals surface area contributed by atoms with Crippen LogP contribution in [0.3, 0.4) is 0 Å². The minimum atomic E-state index is -0.493. The average Bonchev–Trinajstić information content (AvgIpc) is 3.26. The Balaban J connectivity index is 1.65. The van der Waals surface area contributed by atoms with Crippen molar-refractivity contribution < 1.29 is 23.8 Å². The highest BCUT2D eigenvalue weighted by Crippen LogP contribution is 2.24. The van der Waals surface area contributed by atoms with Gasteiger partial charge in [0.15, 0.2) is 0 Å². The van der Waals surface area contributed by atoms with Gasteiger partial charge in [-0.05, 0) is 17.5 Å². The highest BCUT2D eigenvalue weighted by molar-refractivity contribution is 7.14. The number of pyridine rings is 1. The van der Waals surface area contributed by atoms with Crippen LogP contribution < -0.4 is 10.1 Å². The molecule has 1 aliphatic heterocycles. The number of nitrogens with zero attached hydrogens (tertiary/aromatic N) is 1. The first kappa shape index (κ1) is 16.4. The zero-order chi connectivity index (χ0) is 16.9. The number of amides is 1. The summed E-state index contributed by atoms with van der Waals surface area (Å²) in [6, 6.07) is 4.87. The Hall–Kier alpha value is -2.45. The highest BCUT2D eigenvalue weighted by Gasteiger charge is 2.19. The van der Waals surface area contributed by atoms with Crippen LogP contribution in [0.4, 0.5) is 5.00 Å². The van der Waals surface area contributed by atoms with E-state index in [4.69, 9.17) is 9.47 Å². The summed E-state index contributed by atoms with van der Waals surface area (Å²) in [7, 11) is 1.30. The maximum atomic E-state index is 12.3.